The molecule has 1 aromatic carbocycles. The van der Waals surface area contributed by atoms with Gasteiger partial charge in [-0.05, 0) is 36.1 Å². The second-order valence-electron chi connectivity index (χ2n) is 4.50. The van der Waals surface area contributed by atoms with Gasteiger partial charge in [0.05, 0.1) is 0 Å². The molecule has 17 heavy (non-hydrogen) atoms. The Bertz CT molecular complexity index is 354. The maximum absolute atomic E-state index is 13.2. The lowest BCUT2D eigenvalue weighted by Crippen LogP contribution is -2.21. The summed E-state index contributed by atoms with van der Waals surface area (Å²) in [4.78, 5) is 0. The summed E-state index contributed by atoms with van der Waals surface area (Å²) in [5.41, 5.74) is 6.94. The summed E-state index contributed by atoms with van der Waals surface area (Å²) in [6.45, 7) is 4.28. The molecule has 0 bridgehead atoms. The van der Waals surface area contributed by atoms with Crippen LogP contribution >= 0.6 is 11.6 Å². The number of hydrogen-bond donors (Lipinski definition) is 1. The Morgan fingerprint density at radius 1 is 1.35 bits per heavy atom. The first-order chi connectivity index (χ1) is 8.10. The van der Waals surface area contributed by atoms with Crippen molar-refractivity contribution in [3.63, 3.8) is 0 Å². The highest BCUT2D eigenvalue weighted by Gasteiger charge is 2.20. The normalized spacial score (nSPS) is 14.6. The van der Waals surface area contributed by atoms with Gasteiger partial charge >= 0.3 is 0 Å². The van der Waals surface area contributed by atoms with Crippen LogP contribution in [-0.2, 0) is 0 Å². The molecule has 0 aliphatic heterocycles. The van der Waals surface area contributed by atoms with E-state index in [1.807, 2.05) is 0 Å². The molecule has 0 heterocycles. The van der Waals surface area contributed by atoms with E-state index < -0.39 is 0 Å². The molecule has 2 unspecified atom stereocenters. The van der Waals surface area contributed by atoms with Crippen molar-refractivity contribution >= 4 is 11.6 Å². The number of benzene rings is 1. The van der Waals surface area contributed by atoms with E-state index in [1.165, 1.54) is 12.1 Å². The van der Waals surface area contributed by atoms with Crippen LogP contribution in [0.15, 0.2) is 18.2 Å². The van der Waals surface area contributed by atoms with Gasteiger partial charge in [-0.15, -0.1) is 0 Å². The van der Waals surface area contributed by atoms with Crippen LogP contribution in [0.3, 0.4) is 0 Å². The Hall–Kier alpha value is -0.600. The van der Waals surface area contributed by atoms with Gasteiger partial charge in [-0.1, -0.05) is 44.7 Å². The van der Waals surface area contributed by atoms with Crippen LogP contribution in [0, 0.1) is 11.7 Å². The quantitative estimate of drug-likeness (QED) is 0.786. The van der Waals surface area contributed by atoms with Crippen LogP contribution in [0.2, 0.25) is 5.02 Å². The van der Waals surface area contributed by atoms with Crippen molar-refractivity contribution in [2.24, 2.45) is 11.7 Å². The molecule has 0 spiro atoms. The summed E-state index contributed by atoms with van der Waals surface area (Å²) >= 11 is 6.08. The fourth-order valence-corrected chi connectivity index (χ4v) is 2.37. The molecule has 0 aliphatic rings. The summed E-state index contributed by atoms with van der Waals surface area (Å²) in [6, 6.07) is 4.24. The predicted molar refractivity (Wildman–Crippen MR) is 71.6 cm³/mol. The monoisotopic (exact) mass is 257 g/mol. The zero-order valence-electron chi connectivity index (χ0n) is 10.5. The Morgan fingerprint density at radius 2 is 2.06 bits per heavy atom. The molecular formula is C14H21ClFN. The highest BCUT2D eigenvalue weighted by Crippen LogP contribution is 2.31. The summed E-state index contributed by atoms with van der Waals surface area (Å²) < 4.78 is 13.2. The maximum Gasteiger partial charge on any atom is 0.123 e. The minimum Gasteiger partial charge on any atom is -0.324 e. The maximum atomic E-state index is 13.2. The molecule has 0 aliphatic carbocycles. The molecule has 2 atom stereocenters. The summed E-state index contributed by atoms with van der Waals surface area (Å²) in [6.07, 6.45) is 4.37. The average Bonchev–Trinajstić information content (AvgIpc) is 2.33. The molecular weight excluding hydrogens is 237 g/mol. The molecule has 1 rings (SSSR count). The first-order valence-electron chi connectivity index (χ1n) is 6.30. The van der Waals surface area contributed by atoms with Gasteiger partial charge in [0.1, 0.15) is 5.82 Å². The number of unbranched alkanes of at least 4 members (excludes halogenated alkanes) is 1. The predicted octanol–water partition coefficient (Wildman–Crippen LogP) is 4.70. The minimum absolute atomic E-state index is 0.172. The third kappa shape index (κ3) is 3.97. The van der Waals surface area contributed by atoms with Gasteiger partial charge in [0, 0.05) is 11.1 Å². The number of rotatable bonds is 6. The highest BCUT2D eigenvalue weighted by atomic mass is 35.5. The van der Waals surface area contributed by atoms with Crippen molar-refractivity contribution in [1.29, 1.82) is 0 Å². The van der Waals surface area contributed by atoms with Crippen molar-refractivity contribution in [2.45, 2.75) is 45.6 Å². The summed E-state index contributed by atoms with van der Waals surface area (Å²) in [5.74, 6) is 0.0967. The van der Waals surface area contributed by atoms with Crippen LogP contribution in [0.1, 0.15) is 51.1 Å². The Labute approximate surface area is 108 Å². The van der Waals surface area contributed by atoms with Gasteiger partial charge in [0.2, 0.25) is 0 Å². The van der Waals surface area contributed by atoms with Crippen molar-refractivity contribution < 1.29 is 4.39 Å². The van der Waals surface area contributed by atoms with Crippen molar-refractivity contribution in [1.82, 2.24) is 0 Å². The van der Waals surface area contributed by atoms with Crippen LogP contribution in [-0.4, -0.2) is 0 Å². The molecule has 2 N–H and O–H groups in total. The average molecular weight is 258 g/mol. The second-order valence-corrected chi connectivity index (χ2v) is 4.91. The largest absolute Gasteiger partial charge is 0.324 e. The zero-order valence-corrected chi connectivity index (χ0v) is 11.3. The third-order valence-corrected chi connectivity index (χ3v) is 3.62. The van der Waals surface area contributed by atoms with E-state index in [0.717, 1.165) is 31.2 Å². The summed E-state index contributed by atoms with van der Waals surface area (Å²) in [7, 11) is 0. The van der Waals surface area contributed by atoms with E-state index in [2.05, 4.69) is 13.8 Å². The molecule has 0 aromatic heterocycles. The first kappa shape index (κ1) is 14.5. The van der Waals surface area contributed by atoms with Gasteiger partial charge < -0.3 is 5.73 Å². The summed E-state index contributed by atoms with van der Waals surface area (Å²) in [5, 5.41) is 0.564. The third-order valence-electron chi connectivity index (χ3n) is 3.28. The standard InChI is InChI=1S/C14H21ClFN/c1-3-5-6-10(4-2)14(17)12-9-11(16)7-8-13(12)15/h7-10,14H,3-6,17H2,1-2H3. The lowest BCUT2D eigenvalue weighted by molar-refractivity contribution is 0.377. The van der Waals surface area contributed by atoms with E-state index in [9.17, 15) is 4.39 Å². The fraction of sp³-hybridized carbons (Fsp3) is 0.571. The van der Waals surface area contributed by atoms with Gasteiger partial charge in [0.25, 0.3) is 0 Å². The molecule has 1 aromatic rings. The van der Waals surface area contributed by atoms with E-state index >= 15 is 0 Å². The smallest absolute Gasteiger partial charge is 0.123 e. The topological polar surface area (TPSA) is 26.0 Å². The lowest BCUT2D eigenvalue weighted by atomic mass is 9.87. The Morgan fingerprint density at radius 3 is 2.65 bits per heavy atom. The van der Waals surface area contributed by atoms with Gasteiger partial charge in [-0.3, -0.25) is 0 Å². The number of halogens is 2. The van der Waals surface area contributed by atoms with Crippen LogP contribution < -0.4 is 5.73 Å². The minimum atomic E-state index is -0.273. The van der Waals surface area contributed by atoms with Crippen LogP contribution in [0.25, 0.3) is 0 Å². The van der Waals surface area contributed by atoms with E-state index in [1.54, 1.807) is 6.07 Å². The van der Waals surface area contributed by atoms with Crippen molar-refractivity contribution in [3.05, 3.63) is 34.6 Å². The number of hydrogen-bond acceptors (Lipinski definition) is 1. The van der Waals surface area contributed by atoms with E-state index in [-0.39, 0.29) is 11.9 Å². The highest BCUT2D eigenvalue weighted by molar-refractivity contribution is 6.31. The molecule has 3 heteroatoms. The zero-order chi connectivity index (χ0) is 12.8. The molecule has 1 nitrogen and oxygen atoms in total. The van der Waals surface area contributed by atoms with Crippen LogP contribution in [0.4, 0.5) is 4.39 Å². The SMILES string of the molecule is CCCCC(CC)C(N)c1cc(F)ccc1Cl. The first-order valence-corrected chi connectivity index (χ1v) is 6.68. The van der Waals surface area contributed by atoms with Gasteiger partial charge in [-0.25, -0.2) is 4.39 Å². The lowest BCUT2D eigenvalue weighted by Gasteiger charge is -2.23. The van der Waals surface area contributed by atoms with E-state index in [0.29, 0.717) is 10.9 Å². The van der Waals surface area contributed by atoms with Crippen molar-refractivity contribution in [2.75, 3.05) is 0 Å². The van der Waals surface area contributed by atoms with Crippen LogP contribution in [0.5, 0.6) is 0 Å². The molecule has 0 saturated carbocycles. The van der Waals surface area contributed by atoms with E-state index in [4.69, 9.17) is 17.3 Å². The Balaban J connectivity index is 2.85. The Kier molecular flexibility index (Phi) is 5.93. The molecule has 96 valence electrons. The molecule has 0 radical (unpaired) electrons. The fourth-order valence-electron chi connectivity index (χ4n) is 2.13. The molecule has 0 amide bonds. The van der Waals surface area contributed by atoms with Gasteiger partial charge in [-0.2, -0.15) is 0 Å². The molecule has 0 fully saturated rings. The number of nitrogens with two attached hydrogens (primary N) is 1. The molecule has 0 saturated heterocycles. The van der Waals surface area contributed by atoms with Crippen molar-refractivity contribution in [3.8, 4) is 0 Å². The second kappa shape index (κ2) is 6.97. The van der Waals surface area contributed by atoms with Gasteiger partial charge in [0.15, 0.2) is 0 Å².